The summed E-state index contributed by atoms with van der Waals surface area (Å²) in [6, 6.07) is 11.8. The lowest BCUT2D eigenvalue weighted by Gasteiger charge is -2.16. The van der Waals surface area contributed by atoms with E-state index in [2.05, 4.69) is 39.6 Å². The predicted molar refractivity (Wildman–Crippen MR) is 130 cm³/mol. The van der Waals surface area contributed by atoms with E-state index in [-0.39, 0.29) is 24.8 Å². The van der Waals surface area contributed by atoms with E-state index < -0.39 is 0 Å². The van der Waals surface area contributed by atoms with Gasteiger partial charge in [0.25, 0.3) is 0 Å². The van der Waals surface area contributed by atoms with Gasteiger partial charge >= 0.3 is 0 Å². The lowest BCUT2D eigenvalue weighted by atomic mass is 10.2. The SMILES string of the molecule is CCNCCCNCc1cc(Br)c(OCc2ccccc2Cl)c(OCC)c1.Cl.Cl. The maximum absolute atomic E-state index is 6.22. The zero-order valence-corrected chi connectivity index (χ0v) is 20.8. The molecule has 0 saturated carbocycles. The quantitative estimate of drug-likeness (QED) is 0.331. The molecule has 0 aromatic heterocycles. The van der Waals surface area contributed by atoms with Gasteiger partial charge in [-0.05, 0) is 72.7 Å². The summed E-state index contributed by atoms with van der Waals surface area (Å²) in [5.41, 5.74) is 2.10. The molecule has 0 amide bonds. The fraction of sp³-hybridized carbons (Fsp3) is 0.429. The molecule has 0 spiro atoms. The maximum atomic E-state index is 6.22. The van der Waals surface area contributed by atoms with E-state index in [9.17, 15) is 0 Å². The Morgan fingerprint density at radius 1 is 1.00 bits per heavy atom. The first-order chi connectivity index (χ1) is 13.2. The second-order valence-electron chi connectivity index (χ2n) is 6.10. The van der Waals surface area contributed by atoms with Crippen LogP contribution in [-0.2, 0) is 13.2 Å². The molecule has 0 heterocycles. The number of hydrogen-bond acceptors (Lipinski definition) is 4. The summed E-state index contributed by atoms with van der Waals surface area (Å²) < 4.78 is 12.7. The van der Waals surface area contributed by atoms with Crippen LogP contribution in [0.15, 0.2) is 40.9 Å². The fourth-order valence-corrected chi connectivity index (χ4v) is 3.43. The predicted octanol–water partition coefficient (Wildman–Crippen LogP) is 6.01. The van der Waals surface area contributed by atoms with E-state index in [0.29, 0.717) is 24.0 Å². The van der Waals surface area contributed by atoms with Gasteiger partial charge in [-0.2, -0.15) is 0 Å². The molecule has 29 heavy (non-hydrogen) atoms. The third-order valence-electron chi connectivity index (χ3n) is 3.99. The van der Waals surface area contributed by atoms with Crippen LogP contribution in [0.2, 0.25) is 5.02 Å². The van der Waals surface area contributed by atoms with Crippen molar-refractivity contribution in [1.82, 2.24) is 10.6 Å². The molecular formula is C21H30BrCl3N2O2. The maximum Gasteiger partial charge on any atom is 0.175 e. The molecule has 8 heteroatoms. The number of nitrogens with one attached hydrogen (secondary N) is 2. The first-order valence-electron chi connectivity index (χ1n) is 9.38. The highest BCUT2D eigenvalue weighted by Gasteiger charge is 2.13. The Labute approximate surface area is 200 Å². The Hall–Kier alpha value is -0.690. The first-order valence-corrected chi connectivity index (χ1v) is 10.6. The smallest absolute Gasteiger partial charge is 0.175 e. The molecule has 0 atom stereocenters. The van der Waals surface area contributed by atoms with Gasteiger partial charge in [-0.25, -0.2) is 0 Å². The number of halogens is 4. The molecule has 0 fully saturated rings. The van der Waals surface area contributed by atoms with Gasteiger partial charge in [-0.1, -0.05) is 36.7 Å². The van der Waals surface area contributed by atoms with Gasteiger partial charge in [-0.15, -0.1) is 24.8 Å². The van der Waals surface area contributed by atoms with Crippen molar-refractivity contribution in [3.05, 3.63) is 57.0 Å². The number of benzene rings is 2. The van der Waals surface area contributed by atoms with Crippen molar-refractivity contribution in [3.8, 4) is 11.5 Å². The zero-order chi connectivity index (χ0) is 19.5. The molecule has 0 unspecified atom stereocenters. The highest BCUT2D eigenvalue weighted by atomic mass is 79.9. The summed E-state index contributed by atoms with van der Waals surface area (Å²) in [7, 11) is 0. The Bertz CT molecular complexity index is 720. The van der Waals surface area contributed by atoms with Gasteiger partial charge in [-0.3, -0.25) is 0 Å². The molecule has 0 aliphatic rings. The molecule has 2 aromatic carbocycles. The highest BCUT2D eigenvalue weighted by Crippen LogP contribution is 2.37. The molecule has 4 nitrogen and oxygen atoms in total. The Morgan fingerprint density at radius 2 is 1.72 bits per heavy atom. The van der Waals surface area contributed by atoms with Gasteiger partial charge in [0, 0.05) is 17.1 Å². The Balaban J connectivity index is 0.00000392. The standard InChI is InChI=1S/C21H28BrClN2O2.2ClH/c1-3-24-10-7-11-25-14-16-12-18(22)21(20(13-16)26-4-2)27-15-17-8-5-6-9-19(17)23;;/h5-6,8-9,12-13,24-25H,3-4,7,10-11,14-15H2,1-2H3;2*1H. The fourth-order valence-electron chi connectivity index (χ4n) is 2.64. The summed E-state index contributed by atoms with van der Waals surface area (Å²) in [6.07, 6.45) is 1.10. The molecular weight excluding hydrogens is 499 g/mol. The average molecular weight is 529 g/mol. The van der Waals surface area contributed by atoms with E-state index >= 15 is 0 Å². The topological polar surface area (TPSA) is 42.5 Å². The lowest BCUT2D eigenvalue weighted by molar-refractivity contribution is 0.267. The van der Waals surface area contributed by atoms with Gasteiger partial charge in [0.1, 0.15) is 6.61 Å². The second kappa shape index (κ2) is 16.1. The van der Waals surface area contributed by atoms with E-state index in [1.807, 2.05) is 37.3 Å². The van der Waals surface area contributed by atoms with Crippen LogP contribution >= 0.6 is 52.3 Å². The van der Waals surface area contributed by atoms with Crippen molar-refractivity contribution in [1.29, 1.82) is 0 Å². The van der Waals surface area contributed by atoms with Gasteiger partial charge in [0.05, 0.1) is 11.1 Å². The second-order valence-corrected chi connectivity index (χ2v) is 7.36. The molecule has 0 aliphatic heterocycles. The van der Waals surface area contributed by atoms with Crippen LogP contribution in [0.1, 0.15) is 31.4 Å². The number of rotatable bonds is 12. The lowest BCUT2D eigenvalue weighted by Crippen LogP contribution is -2.21. The molecule has 2 rings (SSSR count). The molecule has 2 aromatic rings. The molecule has 2 N–H and O–H groups in total. The number of ether oxygens (including phenoxy) is 2. The van der Waals surface area contributed by atoms with E-state index in [1.165, 1.54) is 0 Å². The summed E-state index contributed by atoms with van der Waals surface area (Å²) in [6.45, 7) is 8.86. The molecule has 0 bridgehead atoms. The Kier molecular flexibility index (Phi) is 15.7. The normalized spacial score (nSPS) is 10.1. The summed E-state index contributed by atoms with van der Waals surface area (Å²) >= 11 is 9.85. The largest absolute Gasteiger partial charge is 0.490 e. The molecule has 0 saturated heterocycles. The average Bonchev–Trinajstić information content (AvgIpc) is 2.65. The van der Waals surface area contributed by atoms with Crippen molar-refractivity contribution in [3.63, 3.8) is 0 Å². The Morgan fingerprint density at radius 3 is 2.41 bits per heavy atom. The van der Waals surface area contributed by atoms with Gasteiger partial charge in [0.15, 0.2) is 11.5 Å². The van der Waals surface area contributed by atoms with Crippen molar-refractivity contribution in [2.45, 2.75) is 33.4 Å². The minimum Gasteiger partial charge on any atom is -0.490 e. The van der Waals surface area contributed by atoms with Crippen LogP contribution in [0.25, 0.3) is 0 Å². The van der Waals surface area contributed by atoms with Crippen LogP contribution < -0.4 is 20.1 Å². The van der Waals surface area contributed by atoms with E-state index in [4.69, 9.17) is 21.1 Å². The zero-order valence-electron chi connectivity index (χ0n) is 16.8. The van der Waals surface area contributed by atoms with Gasteiger partial charge in [0.2, 0.25) is 0 Å². The van der Waals surface area contributed by atoms with Crippen LogP contribution in [0.3, 0.4) is 0 Å². The van der Waals surface area contributed by atoms with Crippen LogP contribution in [0.5, 0.6) is 11.5 Å². The van der Waals surface area contributed by atoms with Crippen molar-refractivity contribution >= 4 is 52.3 Å². The van der Waals surface area contributed by atoms with Crippen LogP contribution in [0, 0.1) is 0 Å². The number of hydrogen-bond donors (Lipinski definition) is 2. The molecule has 0 aliphatic carbocycles. The third-order valence-corrected chi connectivity index (χ3v) is 4.94. The summed E-state index contributed by atoms with van der Waals surface area (Å²) in [5, 5.41) is 7.49. The minimum absolute atomic E-state index is 0. The first kappa shape index (κ1) is 28.3. The van der Waals surface area contributed by atoms with E-state index in [0.717, 1.165) is 53.9 Å². The third kappa shape index (κ3) is 9.77. The van der Waals surface area contributed by atoms with Crippen LogP contribution in [0.4, 0.5) is 0 Å². The highest BCUT2D eigenvalue weighted by molar-refractivity contribution is 9.10. The van der Waals surface area contributed by atoms with Crippen LogP contribution in [-0.4, -0.2) is 26.2 Å². The van der Waals surface area contributed by atoms with Crippen molar-refractivity contribution < 1.29 is 9.47 Å². The summed E-state index contributed by atoms with van der Waals surface area (Å²) in [5.74, 6) is 1.44. The van der Waals surface area contributed by atoms with Gasteiger partial charge < -0.3 is 20.1 Å². The summed E-state index contributed by atoms with van der Waals surface area (Å²) in [4.78, 5) is 0. The van der Waals surface area contributed by atoms with E-state index in [1.54, 1.807) is 0 Å². The molecule has 0 radical (unpaired) electrons. The van der Waals surface area contributed by atoms with Crippen molar-refractivity contribution in [2.24, 2.45) is 0 Å². The monoisotopic (exact) mass is 526 g/mol. The molecule has 164 valence electrons. The minimum atomic E-state index is 0. The van der Waals surface area contributed by atoms with Crippen molar-refractivity contribution in [2.75, 3.05) is 26.2 Å².